The Hall–Kier alpha value is -3.01. The lowest BCUT2D eigenvalue weighted by molar-refractivity contribution is -0.385. The second-order valence-corrected chi connectivity index (χ2v) is 8.01. The fraction of sp³-hybridized carbons (Fsp3) is 0.278. The van der Waals surface area contributed by atoms with E-state index >= 15 is 0 Å². The summed E-state index contributed by atoms with van der Waals surface area (Å²) < 4.78 is 38.8. The molecule has 0 heterocycles. The van der Waals surface area contributed by atoms with Gasteiger partial charge in [-0.3, -0.25) is 19.2 Å². The summed E-state index contributed by atoms with van der Waals surface area (Å²) in [4.78, 5) is 23.4. The molecule has 150 valence electrons. The maximum Gasteiger partial charge on any atom is 0.274 e. The van der Waals surface area contributed by atoms with E-state index in [1.54, 1.807) is 6.92 Å². The van der Waals surface area contributed by atoms with Crippen LogP contribution in [0.4, 0.5) is 21.5 Å². The molecule has 0 saturated heterocycles. The number of amides is 1. The largest absolute Gasteiger partial charge is 0.324 e. The van der Waals surface area contributed by atoms with Crippen LogP contribution in [0.25, 0.3) is 0 Å². The molecule has 8 nitrogen and oxygen atoms in total. The van der Waals surface area contributed by atoms with Crippen LogP contribution in [0.15, 0.2) is 42.5 Å². The monoisotopic (exact) mass is 409 g/mol. The van der Waals surface area contributed by atoms with Gasteiger partial charge in [-0.05, 0) is 43.7 Å². The van der Waals surface area contributed by atoms with Crippen molar-refractivity contribution >= 4 is 33.0 Å². The summed E-state index contributed by atoms with van der Waals surface area (Å²) in [6.07, 6.45) is 1.08. The van der Waals surface area contributed by atoms with E-state index in [0.717, 1.165) is 22.7 Å². The molecular weight excluding hydrogens is 389 g/mol. The number of carbonyl (C=O) groups excluding carboxylic acids is 1. The zero-order valence-corrected chi connectivity index (χ0v) is 16.4. The number of nitrogens with zero attached hydrogens (tertiary/aromatic N) is 2. The first-order valence-corrected chi connectivity index (χ1v) is 10.2. The van der Waals surface area contributed by atoms with E-state index in [0.29, 0.717) is 0 Å². The van der Waals surface area contributed by atoms with Gasteiger partial charge in [0.15, 0.2) is 0 Å². The number of nitro groups is 1. The highest BCUT2D eigenvalue weighted by atomic mass is 32.2. The Balaban J connectivity index is 2.41. The fourth-order valence-corrected chi connectivity index (χ4v) is 4.03. The van der Waals surface area contributed by atoms with Crippen LogP contribution in [0.3, 0.4) is 0 Å². The summed E-state index contributed by atoms with van der Waals surface area (Å²) in [6, 6.07) is 7.84. The van der Waals surface area contributed by atoms with E-state index in [4.69, 9.17) is 0 Å². The van der Waals surface area contributed by atoms with Crippen LogP contribution in [0, 0.1) is 22.9 Å². The highest BCUT2D eigenvalue weighted by Crippen LogP contribution is 2.27. The van der Waals surface area contributed by atoms with Crippen molar-refractivity contribution in [3.05, 3.63) is 64.0 Å². The SMILES string of the molecule is CCC(C(=O)Nc1cccc([N+](=O)[O-])c1C)N(c1ccc(F)cc1)S(C)(=O)=O. The summed E-state index contributed by atoms with van der Waals surface area (Å²) in [5.74, 6) is -1.19. The number of nitro benzene ring substituents is 1. The van der Waals surface area contributed by atoms with Gasteiger partial charge in [0.05, 0.1) is 28.1 Å². The molecule has 0 spiro atoms. The van der Waals surface area contributed by atoms with E-state index in [-0.39, 0.29) is 29.0 Å². The normalized spacial score (nSPS) is 12.3. The minimum Gasteiger partial charge on any atom is -0.324 e. The first-order valence-electron chi connectivity index (χ1n) is 8.36. The summed E-state index contributed by atoms with van der Waals surface area (Å²) in [5.41, 5.74) is 0.444. The quantitative estimate of drug-likeness (QED) is 0.558. The van der Waals surface area contributed by atoms with Crippen molar-refractivity contribution < 1.29 is 22.5 Å². The van der Waals surface area contributed by atoms with Gasteiger partial charge >= 0.3 is 0 Å². The molecule has 0 aromatic heterocycles. The van der Waals surface area contributed by atoms with E-state index < -0.39 is 32.7 Å². The molecule has 1 N–H and O–H groups in total. The van der Waals surface area contributed by atoms with Crippen LogP contribution in [-0.4, -0.2) is 31.5 Å². The second kappa shape index (κ2) is 8.34. The molecule has 0 bridgehead atoms. The van der Waals surface area contributed by atoms with Gasteiger partial charge in [-0.15, -0.1) is 0 Å². The van der Waals surface area contributed by atoms with Gasteiger partial charge in [0, 0.05) is 6.07 Å². The minimum absolute atomic E-state index is 0.129. The third-order valence-electron chi connectivity index (χ3n) is 4.17. The second-order valence-electron chi connectivity index (χ2n) is 6.16. The molecule has 10 heteroatoms. The topological polar surface area (TPSA) is 110 Å². The third kappa shape index (κ3) is 4.63. The van der Waals surface area contributed by atoms with Crippen molar-refractivity contribution in [2.45, 2.75) is 26.3 Å². The zero-order chi connectivity index (χ0) is 21.1. The standard InChI is InChI=1S/C18H20FN3O5S/c1-4-16(21(28(3,26)27)14-10-8-13(19)9-11-14)18(23)20-15-6-5-7-17(12(15)2)22(24)25/h5-11,16H,4H2,1-3H3,(H,20,23). The number of rotatable bonds is 7. The maximum absolute atomic E-state index is 13.2. The summed E-state index contributed by atoms with van der Waals surface area (Å²) in [7, 11) is -3.87. The number of benzene rings is 2. The van der Waals surface area contributed by atoms with Crippen molar-refractivity contribution in [3.63, 3.8) is 0 Å². The lowest BCUT2D eigenvalue weighted by Crippen LogP contribution is -2.47. The smallest absolute Gasteiger partial charge is 0.274 e. The molecule has 28 heavy (non-hydrogen) atoms. The van der Waals surface area contributed by atoms with Crippen molar-refractivity contribution in [3.8, 4) is 0 Å². The molecule has 0 aliphatic rings. The molecule has 0 aliphatic carbocycles. The molecule has 0 saturated carbocycles. The third-order valence-corrected chi connectivity index (χ3v) is 5.35. The lowest BCUT2D eigenvalue weighted by Gasteiger charge is -2.30. The summed E-state index contributed by atoms with van der Waals surface area (Å²) >= 11 is 0. The highest BCUT2D eigenvalue weighted by molar-refractivity contribution is 7.92. The number of carbonyl (C=O) groups is 1. The average molecular weight is 409 g/mol. The summed E-state index contributed by atoms with van der Waals surface area (Å²) in [5, 5.41) is 13.6. The number of halogens is 1. The highest BCUT2D eigenvalue weighted by Gasteiger charge is 2.32. The Bertz CT molecular complexity index is 993. The molecular formula is C18H20FN3O5S. The van der Waals surface area contributed by atoms with Crippen molar-refractivity contribution in [1.29, 1.82) is 0 Å². The number of nitrogens with one attached hydrogen (secondary N) is 1. The van der Waals surface area contributed by atoms with Crippen molar-refractivity contribution in [2.24, 2.45) is 0 Å². The molecule has 2 rings (SSSR count). The van der Waals surface area contributed by atoms with Crippen LogP contribution >= 0.6 is 0 Å². The Morgan fingerprint density at radius 3 is 2.36 bits per heavy atom. The van der Waals surface area contributed by atoms with Gasteiger partial charge in [-0.1, -0.05) is 13.0 Å². The Morgan fingerprint density at radius 2 is 1.86 bits per heavy atom. The van der Waals surface area contributed by atoms with Crippen LogP contribution in [0.2, 0.25) is 0 Å². The molecule has 0 radical (unpaired) electrons. The Kier molecular flexibility index (Phi) is 6.34. The number of anilines is 2. The molecule has 0 fully saturated rings. The molecule has 2 aromatic carbocycles. The first-order chi connectivity index (χ1) is 13.1. The van der Waals surface area contributed by atoms with Gasteiger partial charge in [0.2, 0.25) is 15.9 Å². The van der Waals surface area contributed by atoms with Gasteiger partial charge in [0.1, 0.15) is 11.9 Å². The van der Waals surface area contributed by atoms with Gasteiger partial charge in [0.25, 0.3) is 5.69 Å². The Morgan fingerprint density at radius 1 is 1.25 bits per heavy atom. The lowest BCUT2D eigenvalue weighted by atomic mass is 10.1. The number of hydrogen-bond donors (Lipinski definition) is 1. The average Bonchev–Trinajstić information content (AvgIpc) is 2.61. The van der Waals surface area contributed by atoms with E-state index in [1.165, 1.54) is 37.3 Å². The maximum atomic E-state index is 13.2. The van der Waals surface area contributed by atoms with Gasteiger partial charge in [-0.2, -0.15) is 0 Å². The van der Waals surface area contributed by atoms with Crippen LogP contribution in [-0.2, 0) is 14.8 Å². The minimum atomic E-state index is -3.87. The summed E-state index contributed by atoms with van der Waals surface area (Å²) in [6.45, 7) is 3.12. The molecule has 0 aliphatic heterocycles. The van der Waals surface area contributed by atoms with E-state index in [2.05, 4.69) is 5.32 Å². The fourth-order valence-electron chi connectivity index (χ4n) is 2.82. The molecule has 1 unspecified atom stereocenters. The van der Waals surface area contributed by atoms with Crippen LogP contribution in [0.1, 0.15) is 18.9 Å². The number of sulfonamides is 1. The first kappa shape index (κ1) is 21.3. The van der Waals surface area contributed by atoms with E-state index in [1.807, 2.05) is 0 Å². The van der Waals surface area contributed by atoms with E-state index in [9.17, 15) is 27.7 Å². The molecule has 1 amide bonds. The number of hydrogen-bond acceptors (Lipinski definition) is 5. The van der Waals surface area contributed by atoms with Crippen molar-refractivity contribution in [1.82, 2.24) is 0 Å². The van der Waals surface area contributed by atoms with Gasteiger partial charge < -0.3 is 5.32 Å². The molecule has 1 atom stereocenters. The van der Waals surface area contributed by atoms with Crippen molar-refractivity contribution in [2.75, 3.05) is 15.9 Å². The van der Waals surface area contributed by atoms with Gasteiger partial charge in [-0.25, -0.2) is 12.8 Å². The predicted molar refractivity (Wildman–Crippen MR) is 104 cm³/mol. The zero-order valence-electron chi connectivity index (χ0n) is 15.5. The molecule has 2 aromatic rings. The predicted octanol–water partition coefficient (Wildman–Crippen LogP) is 3.23. The van der Waals surface area contributed by atoms with Crippen LogP contribution in [0.5, 0.6) is 0 Å². The Labute approximate surface area is 162 Å². The van der Waals surface area contributed by atoms with Crippen LogP contribution < -0.4 is 9.62 Å².